The quantitative estimate of drug-likeness (QED) is 0.0458. The number of aliphatic hydroxyl groups excluding tert-OH is 10. The van der Waals surface area contributed by atoms with Gasteiger partial charge in [0.2, 0.25) is 5.91 Å². The minimum atomic E-state index is -1.93. The van der Waals surface area contributed by atoms with Crippen LogP contribution in [-0.2, 0) is 32.1 Å². The van der Waals surface area contributed by atoms with Crippen LogP contribution in [0.3, 0.4) is 0 Å². The lowest BCUT2D eigenvalue weighted by atomic mass is 9.50. The lowest BCUT2D eigenvalue weighted by Gasteiger charge is -2.64. The van der Waals surface area contributed by atoms with Gasteiger partial charge < -0.3 is 70.2 Å². The van der Waals surface area contributed by atoms with Crippen LogP contribution < -0.4 is 0 Å². The topological polar surface area (TPSA) is 328 Å². The van der Waals surface area contributed by atoms with E-state index in [9.17, 15) is 55.7 Å². The number of carbonyl (C=O) groups is 2. The van der Waals surface area contributed by atoms with Gasteiger partial charge in [0.25, 0.3) is 0 Å². The lowest BCUT2D eigenvalue weighted by molar-refractivity contribution is -0.202. The molecule has 0 aromatic carbocycles. The molecule has 5 fully saturated rings. The average Bonchev–Trinajstić information content (AvgIpc) is 3.90. The van der Waals surface area contributed by atoms with Crippen LogP contribution in [0.15, 0.2) is 6.20 Å². The molecule has 4 bridgehead atoms. The minimum absolute atomic E-state index is 0.136. The van der Waals surface area contributed by atoms with E-state index in [2.05, 4.69) is 16.4 Å². The van der Waals surface area contributed by atoms with Crippen molar-refractivity contribution in [1.29, 1.82) is 5.26 Å². The molecule has 4 aliphatic carbocycles. The Bertz CT molecular complexity index is 1630. The maximum absolute atomic E-state index is 13.9. The van der Waals surface area contributed by atoms with Crippen molar-refractivity contribution in [1.82, 2.24) is 29.7 Å². The zero-order chi connectivity index (χ0) is 46.3. The van der Waals surface area contributed by atoms with E-state index in [4.69, 9.17) is 24.4 Å². The first kappa shape index (κ1) is 50.8. The molecule has 4 saturated carbocycles. The molecule has 0 spiro atoms. The maximum Gasteiger partial charge on any atom is 0.411 e. The number of likely N-dealkylation sites (tertiary alicyclic amines) is 1. The smallest absolute Gasteiger partial charge is 0.411 e. The highest BCUT2D eigenvalue weighted by Crippen LogP contribution is 2.61. The van der Waals surface area contributed by atoms with Gasteiger partial charge in [-0.05, 0) is 84.0 Å². The number of amides is 2. The summed E-state index contributed by atoms with van der Waals surface area (Å²) in [6.45, 7) is 3.91. The van der Waals surface area contributed by atoms with Crippen molar-refractivity contribution in [2.75, 3.05) is 59.2 Å². The Balaban J connectivity index is 1.16. The molecule has 1 aromatic heterocycles. The van der Waals surface area contributed by atoms with Crippen LogP contribution in [0, 0.1) is 23.2 Å². The fourth-order valence-electron chi connectivity index (χ4n) is 10.2. The summed E-state index contributed by atoms with van der Waals surface area (Å²) in [6.07, 6.45) is -7.55. The predicted molar refractivity (Wildman–Crippen MR) is 218 cm³/mol. The molecule has 358 valence electrons. The van der Waals surface area contributed by atoms with E-state index >= 15 is 0 Å². The molecule has 1 aromatic rings. The van der Waals surface area contributed by atoms with E-state index in [0.29, 0.717) is 36.9 Å². The third kappa shape index (κ3) is 13.0. The van der Waals surface area contributed by atoms with Gasteiger partial charge in [0, 0.05) is 32.4 Å². The first-order chi connectivity index (χ1) is 29.7. The minimum Gasteiger partial charge on any atom is -0.444 e. The second-order valence-corrected chi connectivity index (χ2v) is 19.0. The van der Waals surface area contributed by atoms with Crippen LogP contribution >= 0.6 is 0 Å². The highest BCUT2D eigenvalue weighted by molar-refractivity contribution is 5.83. The molecule has 5 aliphatic rings. The number of hydrogen-bond donors (Lipinski definition) is 10. The van der Waals surface area contributed by atoms with Crippen molar-refractivity contribution in [2.45, 2.75) is 157 Å². The van der Waals surface area contributed by atoms with Crippen molar-refractivity contribution < 1.29 is 74.9 Å². The summed E-state index contributed by atoms with van der Waals surface area (Å²) in [7, 11) is 0. The number of ether oxygens (including phenoxy) is 3. The molecule has 6 rings (SSSR count). The average molecular weight is 900 g/mol. The summed E-state index contributed by atoms with van der Waals surface area (Å²) >= 11 is 0. The molecule has 2 heterocycles. The van der Waals surface area contributed by atoms with Crippen LogP contribution in [0.1, 0.15) is 77.8 Å². The first-order valence-electron chi connectivity index (χ1n) is 21.9. The largest absolute Gasteiger partial charge is 0.444 e. The Morgan fingerprint density at radius 3 is 2.03 bits per heavy atom. The Labute approximate surface area is 367 Å². The number of nitriles is 1. The van der Waals surface area contributed by atoms with Crippen LogP contribution in [-0.4, -0.2) is 224 Å². The monoisotopic (exact) mass is 899 g/mol. The van der Waals surface area contributed by atoms with E-state index in [1.54, 1.807) is 36.8 Å². The van der Waals surface area contributed by atoms with Gasteiger partial charge in [0.05, 0.1) is 74.7 Å². The summed E-state index contributed by atoms with van der Waals surface area (Å²) in [6, 6.07) is 1.72. The number of rotatable bonds is 24. The third-order valence-corrected chi connectivity index (χ3v) is 12.8. The normalized spacial score (nSPS) is 28.3. The van der Waals surface area contributed by atoms with Crippen LogP contribution in [0.4, 0.5) is 4.79 Å². The highest BCUT2D eigenvalue weighted by Gasteiger charge is 2.62. The molecule has 0 radical (unpaired) electrons. The van der Waals surface area contributed by atoms with Gasteiger partial charge in [0.1, 0.15) is 54.8 Å². The Hall–Kier alpha value is -3.15. The molecule has 10 N–H and O–H groups in total. The number of nitrogens with zero attached hydrogens (tertiary/aromatic N) is 7. The van der Waals surface area contributed by atoms with Crippen LogP contribution in [0.2, 0.25) is 0 Å². The van der Waals surface area contributed by atoms with Crippen molar-refractivity contribution in [3.05, 3.63) is 11.9 Å². The van der Waals surface area contributed by atoms with Crippen LogP contribution in [0.25, 0.3) is 0 Å². The summed E-state index contributed by atoms with van der Waals surface area (Å²) in [4.78, 5) is 32.2. The van der Waals surface area contributed by atoms with E-state index in [1.165, 1.54) is 9.58 Å². The second-order valence-electron chi connectivity index (χ2n) is 19.0. The molecular weight excluding hydrogens is 830 g/mol. The molecule has 13 atom stereocenters. The molecule has 1 aliphatic heterocycles. The van der Waals surface area contributed by atoms with Crippen molar-refractivity contribution >= 4 is 12.0 Å². The zero-order valence-electron chi connectivity index (χ0n) is 36.5. The van der Waals surface area contributed by atoms with Gasteiger partial charge in [-0.25, -0.2) is 9.48 Å². The Morgan fingerprint density at radius 1 is 0.889 bits per heavy atom. The van der Waals surface area contributed by atoms with Gasteiger partial charge in [0.15, 0.2) is 0 Å². The summed E-state index contributed by atoms with van der Waals surface area (Å²) < 4.78 is 20.0. The highest BCUT2D eigenvalue weighted by atomic mass is 16.6. The number of aromatic nitrogens is 3. The van der Waals surface area contributed by atoms with Gasteiger partial charge in [-0.15, -0.1) is 5.10 Å². The molecular formula is C41H69N7O15. The number of carbonyl (C=O) groups excluding carboxylic acids is 2. The SMILES string of the molecule is CC(C)(C)OC(=O)N(CC(=O)N1CCC[C@H]1C#N)C12CC3C[C@H](CC(OCCOCCn4cc(CN(C[C@H](O)[C@@H](O)[C@H](O)[C@H](O)CO)C[C@H](O)[C@@H](O)[C@H](O)[C@H](O)CO)nn4)(C3)C1)C2. The Morgan fingerprint density at radius 2 is 1.48 bits per heavy atom. The zero-order valence-corrected chi connectivity index (χ0v) is 36.5. The summed E-state index contributed by atoms with van der Waals surface area (Å²) in [5.41, 5.74) is -1.60. The van der Waals surface area contributed by atoms with E-state index in [0.717, 1.165) is 38.5 Å². The van der Waals surface area contributed by atoms with Crippen LogP contribution in [0.5, 0.6) is 0 Å². The predicted octanol–water partition coefficient (Wildman–Crippen LogP) is -3.17. The molecule has 3 unspecified atom stereocenters. The second kappa shape index (κ2) is 21.9. The molecule has 22 nitrogen and oxygen atoms in total. The van der Waals surface area contributed by atoms with Gasteiger partial charge in [-0.1, -0.05) is 5.21 Å². The number of hydrogen-bond acceptors (Lipinski definition) is 19. The van der Waals surface area contributed by atoms with Crippen molar-refractivity contribution in [3.63, 3.8) is 0 Å². The molecule has 22 heteroatoms. The van der Waals surface area contributed by atoms with E-state index in [1.807, 2.05) is 0 Å². The third-order valence-electron chi connectivity index (χ3n) is 12.8. The van der Waals surface area contributed by atoms with Gasteiger partial charge in [-0.2, -0.15) is 5.26 Å². The van der Waals surface area contributed by atoms with Gasteiger partial charge in [-0.3, -0.25) is 14.6 Å². The van der Waals surface area contributed by atoms with Crippen molar-refractivity contribution in [3.8, 4) is 6.07 Å². The van der Waals surface area contributed by atoms with Crippen molar-refractivity contribution in [2.24, 2.45) is 11.8 Å². The lowest BCUT2D eigenvalue weighted by Crippen LogP contribution is -2.68. The summed E-state index contributed by atoms with van der Waals surface area (Å²) in [5.74, 6) is 0.362. The first-order valence-corrected chi connectivity index (χ1v) is 21.9. The Kier molecular flexibility index (Phi) is 17.7. The molecule has 63 heavy (non-hydrogen) atoms. The standard InChI is InChI=1S/C41H69N7O15/c1-39(2,3)63-38(60)48(21-33(55)47-6-4-5-28(47)16-42)40-12-25-11-26(13-40)15-41(14-25,24-40)62-10-9-61-8-7-46-18-27(43-44-46)17-45(19-29(51)34(56)36(58)31(53)22-49)20-30(52)35(57)37(59)32(54)23-50/h18,25-26,28-32,34-37,49-54,56-59H,4-15,17,19-24H2,1-3H3/t25-,26?,28-,29-,30-,31+,32+,34+,35+,36+,37+,40?,41?/m0/s1. The van der Waals surface area contributed by atoms with E-state index < -0.39 is 104 Å². The number of aliphatic hydroxyl groups is 10. The summed E-state index contributed by atoms with van der Waals surface area (Å²) in [5, 5.41) is 118. The molecule has 1 saturated heterocycles. The van der Waals surface area contributed by atoms with E-state index in [-0.39, 0.29) is 45.4 Å². The fourth-order valence-corrected chi connectivity index (χ4v) is 10.2. The van der Waals surface area contributed by atoms with Gasteiger partial charge >= 0.3 is 6.09 Å². The maximum atomic E-state index is 13.9. The molecule has 2 amide bonds. The fraction of sp³-hybridized carbons (Fsp3) is 0.878.